The lowest BCUT2D eigenvalue weighted by Crippen LogP contribution is -2.32. The highest BCUT2D eigenvalue weighted by molar-refractivity contribution is 5.96. The lowest BCUT2D eigenvalue weighted by Gasteiger charge is -2.27. The van der Waals surface area contributed by atoms with E-state index in [4.69, 9.17) is 4.74 Å². The number of rotatable bonds is 5. The van der Waals surface area contributed by atoms with Crippen LogP contribution in [0.15, 0.2) is 42.5 Å². The van der Waals surface area contributed by atoms with Gasteiger partial charge in [0.25, 0.3) is 5.91 Å². The predicted molar refractivity (Wildman–Crippen MR) is 96.9 cm³/mol. The zero-order chi connectivity index (χ0) is 16.9. The van der Waals surface area contributed by atoms with Crippen LogP contribution in [0, 0.1) is 6.92 Å². The SMILES string of the molecule is COc1cccc(C(=O)NCCC2CCc3ccccc3N2)c1C. The Bertz CT molecular complexity index is 727. The average Bonchev–Trinajstić information content (AvgIpc) is 2.61. The summed E-state index contributed by atoms with van der Waals surface area (Å²) in [6.45, 7) is 2.57. The van der Waals surface area contributed by atoms with E-state index < -0.39 is 0 Å². The van der Waals surface area contributed by atoms with Gasteiger partial charge in [-0.3, -0.25) is 4.79 Å². The van der Waals surface area contributed by atoms with Gasteiger partial charge < -0.3 is 15.4 Å². The summed E-state index contributed by atoms with van der Waals surface area (Å²) in [5.74, 6) is 0.704. The van der Waals surface area contributed by atoms with Crippen molar-refractivity contribution in [1.29, 1.82) is 0 Å². The molecule has 126 valence electrons. The van der Waals surface area contributed by atoms with Crippen LogP contribution in [0.1, 0.15) is 34.3 Å². The number of aryl methyl sites for hydroxylation is 1. The molecule has 0 aliphatic carbocycles. The maximum atomic E-state index is 12.4. The molecule has 0 radical (unpaired) electrons. The van der Waals surface area contributed by atoms with Gasteiger partial charge in [-0.2, -0.15) is 0 Å². The smallest absolute Gasteiger partial charge is 0.251 e. The normalized spacial score (nSPS) is 16.0. The molecule has 2 N–H and O–H groups in total. The van der Waals surface area contributed by atoms with E-state index in [2.05, 4.69) is 34.9 Å². The number of carbonyl (C=O) groups excluding carboxylic acids is 1. The number of hydrogen-bond acceptors (Lipinski definition) is 3. The van der Waals surface area contributed by atoms with E-state index in [1.165, 1.54) is 11.3 Å². The first-order chi connectivity index (χ1) is 11.7. The fraction of sp³-hybridized carbons (Fsp3) is 0.350. The number of fused-ring (bicyclic) bond motifs is 1. The molecule has 0 spiro atoms. The molecule has 1 aliphatic heterocycles. The van der Waals surface area contributed by atoms with Crippen LogP contribution in [-0.2, 0) is 6.42 Å². The molecule has 4 nitrogen and oxygen atoms in total. The van der Waals surface area contributed by atoms with Crippen LogP contribution < -0.4 is 15.4 Å². The molecule has 2 aromatic carbocycles. The maximum Gasteiger partial charge on any atom is 0.251 e. The van der Waals surface area contributed by atoms with Crippen LogP contribution in [0.4, 0.5) is 5.69 Å². The average molecular weight is 324 g/mol. The summed E-state index contributed by atoms with van der Waals surface area (Å²) in [6.07, 6.45) is 3.12. The Hall–Kier alpha value is -2.49. The Morgan fingerprint density at radius 3 is 2.92 bits per heavy atom. The zero-order valence-electron chi connectivity index (χ0n) is 14.3. The van der Waals surface area contributed by atoms with Crippen molar-refractivity contribution in [3.05, 3.63) is 59.2 Å². The Balaban J connectivity index is 1.53. The summed E-state index contributed by atoms with van der Waals surface area (Å²) in [5, 5.41) is 6.60. The van der Waals surface area contributed by atoms with Crippen LogP contribution in [0.2, 0.25) is 0 Å². The van der Waals surface area contributed by atoms with Crippen LogP contribution in [-0.4, -0.2) is 25.6 Å². The van der Waals surface area contributed by atoms with Gasteiger partial charge in [0, 0.05) is 29.4 Å². The second-order valence-electron chi connectivity index (χ2n) is 6.21. The predicted octanol–water partition coefficient (Wildman–Crippen LogP) is 3.55. The van der Waals surface area contributed by atoms with Gasteiger partial charge in [0.2, 0.25) is 0 Å². The lowest BCUT2D eigenvalue weighted by molar-refractivity contribution is 0.0951. The molecule has 24 heavy (non-hydrogen) atoms. The lowest BCUT2D eigenvalue weighted by atomic mass is 9.96. The fourth-order valence-corrected chi connectivity index (χ4v) is 3.25. The van der Waals surface area contributed by atoms with Gasteiger partial charge in [-0.05, 0) is 49.9 Å². The molecule has 0 saturated carbocycles. The monoisotopic (exact) mass is 324 g/mol. The van der Waals surface area contributed by atoms with Crippen molar-refractivity contribution in [1.82, 2.24) is 5.32 Å². The van der Waals surface area contributed by atoms with Gasteiger partial charge in [0.15, 0.2) is 0 Å². The minimum absolute atomic E-state index is 0.0393. The first-order valence-corrected chi connectivity index (χ1v) is 8.45. The summed E-state index contributed by atoms with van der Waals surface area (Å²) >= 11 is 0. The third-order valence-electron chi connectivity index (χ3n) is 4.67. The van der Waals surface area contributed by atoms with Crippen molar-refractivity contribution in [2.24, 2.45) is 0 Å². The van der Waals surface area contributed by atoms with Crippen LogP contribution in [0.3, 0.4) is 0 Å². The molecule has 3 rings (SSSR count). The Morgan fingerprint density at radius 2 is 2.08 bits per heavy atom. The Morgan fingerprint density at radius 1 is 1.25 bits per heavy atom. The van der Waals surface area contributed by atoms with Gasteiger partial charge in [0.1, 0.15) is 5.75 Å². The fourth-order valence-electron chi connectivity index (χ4n) is 3.25. The number of ether oxygens (including phenoxy) is 1. The standard InChI is InChI=1S/C20H24N2O2/c1-14-17(7-5-9-19(14)24-2)20(23)21-13-12-16-11-10-15-6-3-4-8-18(15)22-16/h3-9,16,22H,10-13H2,1-2H3,(H,21,23). The molecule has 1 unspecified atom stereocenters. The molecule has 1 atom stereocenters. The van der Waals surface area contributed by atoms with E-state index in [0.717, 1.165) is 30.6 Å². The van der Waals surface area contributed by atoms with Crippen LogP contribution in [0.25, 0.3) is 0 Å². The third kappa shape index (κ3) is 3.53. The molecule has 0 fully saturated rings. The minimum Gasteiger partial charge on any atom is -0.496 e. The molecule has 1 amide bonds. The second kappa shape index (κ2) is 7.39. The highest BCUT2D eigenvalue weighted by Gasteiger charge is 2.17. The van der Waals surface area contributed by atoms with Crippen LogP contribution in [0.5, 0.6) is 5.75 Å². The molecule has 0 bridgehead atoms. The summed E-state index contributed by atoms with van der Waals surface area (Å²) in [5.41, 5.74) is 4.16. The van der Waals surface area contributed by atoms with Crippen LogP contribution >= 0.6 is 0 Å². The topological polar surface area (TPSA) is 50.4 Å². The number of benzene rings is 2. The number of hydrogen-bond donors (Lipinski definition) is 2. The van der Waals surface area contributed by atoms with Gasteiger partial charge in [-0.25, -0.2) is 0 Å². The van der Waals surface area contributed by atoms with E-state index in [9.17, 15) is 4.79 Å². The highest BCUT2D eigenvalue weighted by atomic mass is 16.5. The van der Waals surface area contributed by atoms with Gasteiger partial charge in [0.05, 0.1) is 7.11 Å². The summed E-state index contributed by atoms with van der Waals surface area (Å²) in [6, 6.07) is 14.4. The largest absolute Gasteiger partial charge is 0.496 e. The number of anilines is 1. The van der Waals surface area contributed by atoms with Crippen molar-refractivity contribution in [3.63, 3.8) is 0 Å². The maximum absolute atomic E-state index is 12.4. The minimum atomic E-state index is -0.0393. The first-order valence-electron chi connectivity index (χ1n) is 8.45. The second-order valence-corrected chi connectivity index (χ2v) is 6.21. The number of nitrogens with one attached hydrogen (secondary N) is 2. The van der Waals surface area contributed by atoms with Crippen molar-refractivity contribution >= 4 is 11.6 Å². The van der Waals surface area contributed by atoms with E-state index in [1.807, 2.05) is 25.1 Å². The van der Waals surface area contributed by atoms with E-state index in [0.29, 0.717) is 18.2 Å². The molecule has 1 aliphatic rings. The summed E-state index contributed by atoms with van der Waals surface area (Å²) in [4.78, 5) is 12.4. The third-order valence-corrected chi connectivity index (χ3v) is 4.67. The number of methoxy groups -OCH3 is 1. The van der Waals surface area contributed by atoms with Crippen molar-refractivity contribution < 1.29 is 9.53 Å². The Kier molecular flexibility index (Phi) is 5.04. The molecule has 0 aromatic heterocycles. The molecular weight excluding hydrogens is 300 g/mol. The van der Waals surface area contributed by atoms with E-state index in [1.54, 1.807) is 7.11 Å². The van der Waals surface area contributed by atoms with Crippen molar-refractivity contribution in [3.8, 4) is 5.75 Å². The number of carbonyl (C=O) groups is 1. The molecule has 1 heterocycles. The Labute approximate surface area is 143 Å². The molecular formula is C20H24N2O2. The summed E-state index contributed by atoms with van der Waals surface area (Å²) < 4.78 is 5.28. The molecule has 2 aromatic rings. The molecule has 0 saturated heterocycles. The van der Waals surface area contributed by atoms with Crippen molar-refractivity contribution in [2.75, 3.05) is 19.0 Å². The number of amides is 1. The first kappa shape index (κ1) is 16.4. The quantitative estimate of drug-likeness (QED) is 0.884. The van der Waals surface area contributed by atoms with E-state index >= 15 is 0 Å². The van der Waals surface area contributed by atoms with Gasteiger partial charge in [-0.1, -0.05) is 24.3 Å². The van der Waals surface area contributed by atoms with Gasteiger partial charge in [-0.15, -0.1) is 0 Å². The number of para-hydroxylation sites is 1. The van der Waals surface area contributed by atoms with E-state index in [-0.39, 0.29) is 5.91 Å². The highest BCUT2D eigenvalue weighted by Crippen LogP contribution is 2.25. The molecule has 4 heteroatoms. The summed E-state index contributed by atoms with van der Waals surface area (Å²) in [7, 11) is 1.62. The van der Waals surface area contributed by atoms with Gasteiger partial charge >= 0.3 is 0 Å². The zero-order valence-corrected chi connectivity index (χ0v) is 14.3. The van der Waals surface area contributed by atoms with Crippen molar-refractivity contribution in [2.45, 2.75) is 32.2 Å².